The molecule has 1 unspecified atom stereocenters. The Morgan fingerprint density at radius 2 is 2.00 bits per heavy atom. The van der Waals surface area contributed by atoms with Crippen molar-refractivity contribution >= 4 is 0 Å². The summed E-state index contributed by atoms with van der Waals surface area (Å²) in [6.45, 7) is 8.00. The van der Waals surface area contributed by atoms with Gasteiger partial charge in [0.2, 0.25) is 0 Å². The molecule has 0 saturated heterocycles. The second kappa shape index (κ2) is 4.86. The number of nitrogens with one attached hydrogen (secondary N) is 1. The van der Waals surface area contributed by atoms with E-state index in [1.54, 1.807) is 0 Å². The monoisotopic (exact) mass is 169 g/mol. The van der Waals surface area contributed by atoms with Crippen LogP contribution >= 0.6 is 0 Å². The van der Waals surface area contributed by atoms with Crippen molar-refractivity contribution in [1.82, 2.24) is 5.32 Å². The van der Waals surface area contributed by atoms with Crippen LogP contribution in [0.1, 0.15) is 46.5 Å². The SMILES string of the molecule is CCCC(NCC)C1CC(C)C1. The lowest BCUT2D eigenvalue weighted by molar-refractivity contribution is 0.151. The fourth-order valence-electron chi connectivity index (χ4n) is 2.37. The summed E-state index contributed by atoms with van der Waals surface area (Å²) in [4.78, 5) is 0. The highest BCUT2D eigenvalue weighted by Gasteiger charge is 2.31. The Morgan fingerprint density at radius 1 is 1.33 bits per heavy atom. The van der Waals surface area contributed by atoms with Crippen molar-refractivity contribution in [3.8, 4) is 0 Å². The Balaban J connectivity index is 2.22. The minimum absolute atomic E-state index is 0.816. The third-order valence-corrected chi connectivity index (χ3v) is 3.05. The highest BCUT2D eigenvalue weighted by atomic mass is 14.9. The zero-order valence-corrected chi connectivity index (χ0v) is 8.77. The average Bonchev–Trinajstić information content (AvgIpc) is 1.99. The lowest BCUT2D eigenvalue weighted by atomic mass is 9.71. The van der Waals surface area contributed by atoms with E-state index in [4.69, 9.17) is 0 Å². The molecule has 1 aliphatic carbocycles. The van der Waals surface area contributed by atoms with Crippen molar-refractivity contribution in [2.45, 2.75) is 52.5 Å². The quantitative estimate of drug-likeness (QED) is 0.667. The summed E-state index contributed by atoms with van der Waals surface area (Å²) in [7, 11) is 0. The summed E-state index contributed by atoms with van der Waals surface area (Å²) in [6, 6.07) is 0.816. The Kier molecular flexibility index (Phi) is 4.07. The molecule has 12 heavy (non-hydrogen) atoms. The van der Waals surface area contributed by atoms with Gasteiger partial charge in [-0.2, -0.15) is 0 Å². The number of hydrogen-bond donors (Lipinski definition) is 1. The van der Waals surface area contributed by atoms with E-state index in [9.17, 15) is 0 Å². The van der Waals surface area contributed by atoms with Gasteiger partial charge in [-0.15, -0.1) is 0 Å². The Morgan fingerprint density at radius 3 is 2.42 bits per heavy atom. The van der Waals surface area contributed by atoms with Gasteiger partial charge in [-0.3, -0.25) is 0 Å². The van der Waals surface area contributed by atoms with Crippen LogP contribution in [0.25, 0.3) is 0 Å². The first-order valence-electron chi connectivity index (χ1n) is 5.51. The number of hydrogen-bond acceptors (Lipinski definition) is 1. The van der Waals surface area contributed by atoms with Crippen molar-refractivity contribution in [2.24, 2.45) is 11.8 Å². The maximum atomic E-state index is 3.61. The second-order valence-corrected chi connectivity index (χ2v) is 4.29. The summed E-state index contributed by atoms with van der Waals surface area (Å²) in [6.07, 6.45) is 5.60. The Bertz CT molecular complexity index is 110. The topological polar surface area (TPSA) is 12.0 Å². The van der Waals surface area contributed by atoms with Gasteiger partial charge in [-0.1, -0.05) is 27.2 Å². The molecular weight excluding hydrogens is 146 g/mol. The largest absolute Gasteiger partial charge is 0.314 e. The zero-order valence-electron chi connectivity index (χ0n) is 8.77. The van der Waals surface area contributed by atoms with Crippen LogP contribution in [0.3, 0.4) is 0 Å². The van der Waals surface area contributed by atoms with Gasteiger partial charge in [-0.05, 0) is 37.6 Å². The molecule has 1 fully saturated rings. The maximum Gasteiger partial charge on any atom is 0.00953 e. The van der Waals surface area contributed by atoms with Crippen molar-refractivity contribution in [3.05, 3.63) is 0 Å². The van der Waals surface area contributed by atoms with E-state index in [1.165, 1.54) is 25.7 Å². The normalized spacial score (nSPS) is 31.2. The minimum Gasteiger partial charge on any atom is -0.314 e. The summed E-state index contributed by atoms with van der Waals surface area (Å²) >= 11 is 0. The maximum absolute atomic E-state index is 3.61. The lowest BCUT2D eigenvalue weighted by Crippen LogP contribution is -2.42. The van der Waals surface area contributed by atoms with Crippen LogP contribution in [-0.2, 0) is 0 Å². The molecule has 0 aromatic rings. The first kappa shape index (κ1) is 10.0. The minimum atomic E-state index is 0.816. The summed E-state index contributed by atoms with van der Waals surface area (Å²) < 4.78 is 0. The van der Waals surface area contributed by atoms with Gasteiger partial charge < -0.3 is 5.32 Å². The molecule has 0 bridgehead atoms. The highest BCUT2D eigenvalue weighted by Crippen LogP contribution is 2.36. The smallest absolute Gasteiger partial charge is 0.00953 e. The highest BCUT2D eigenvalue weighted by molar-refractivity contribution is 4.85. The van der Waals surface area contributed by atoms with Crippen molar-refractivity contribution in [2.75, 3.05) is 6.54 Å². The van der Waals surface area contributed by atoms with Gasteiger partial charge >= 0.3 is 0 Å². The Hall–Kier alpha value is -0.0400. The van der Waals surface area contributed by atoms with Gasteiger partial charge in [0, 0.05) is 6.04 Å². The second-order valence-electron chi connectivity index (χ2n) is 4.29. The first-order valence-corrected chi connectivity index (χ1v) is 5.51. The van der Waals surface area contributed by atoms with E-state index in [0.29, 0.717) is 0 Å². The van der Waals surface area contributed by atoms with E-state index >= 15 is 0 Å². The van der Waals surface area contributed by atoms with Gasteiger partial charge in [-0.25, -0.2) is 0 Å². The van der Waals surface area contributed by atoms with Crippen LogP contribution < -0.4 is 5.32 Å². The van der Waals surface area contributed by atoms with Gasteiger partial charge in [0.25, 0.3) is 0 Å². The van der Waals surface area contributed by atoms with Gasteiger partial charge in [0.05, 0.1) is 0 Å². The molecule has 1 N–H and O–H groups in total. The third kappa shape index (κ3) is 2.48. The van der Waals surface area contributed by atoms with E-state index in [-0.39, 0.29) is 0 Å². The van der Waals surface area contributed by atoms with Crippen LogP contribution in [0.4, 0.5) is 0 Å². The first-order chi connectivity index (χ1) is 5.77. The van der Waals surface area contributed by atoms with Crippen molar-refractivity contribution < 1.29 is 0 Å². The van der Waals surface area contributed by atoms with Gasteiger partial charge in [0.15, 0.2) is 0 Å². The molecular formula is C11H23N. The predicted molar refractivity (Wildman–Crippen MR) is 54.3 cm³/mol. The molecule has 0 amide bonds. The van der Waals surface area contributed by atoms with Crippen LogP contribution in [0.15, 0.2) is 0 Å². The van der Waals surface area contributed by atoms with E-state index in [0.717, 1.165) is 24.4 Å². The van der Waals surface area contributed by atoms with Gasteiger partial charge in [0.1, 0.15) is 0 Å². The summed E-state index contributed by atoms with van der Waals surface area (Å²) in [5.74, 6) is 1.98. The van der Waals surface area contributed by atoms with Crippen LogP contribution in [0.5, 0.6) is 0 Å². The molecule has 0 heterocycles. The fourth-order valence-corrected chi connectivity index (χ4v) is 2.37. The molecule has 0 radical (unpaired) electrons. The molecule has 1 heteroatoms. The molecule has 0 spiro atoms. The fraction of sp³-hybridized carbons (Fsp3) is 1.00. The molecule has 1 nitrogen and oxygen atoms in total. The van der Waals surface area contributed by atoms with E-state index in [2.05, 4.69) is 26.1 Å². The summed E-state index contributed by atoms with van der Waals surface area (Å²) in [5, 5.41) is 3.61. The van der Waals surface area contributed by atoms with E-state index in [1.807, 2.05) is 0 Å². The van der Waals surface area contributed by atoms with Crippen LogP contribution in [0, 0.1) is 11.8 Å². The molecule has 72 valence electrons. The average molecular weight is 169 g/mol. The van der Waals surface area contributed by atoms with Crippen molar-refractivity contribution in [3.63, 3.8) is 0 Å². The lowest BCUT2D eigenvalue weighted by Gasteiger charge is -2.39. The number of rotatable bonds is 5. The van der Waals surface area contributed by atoms with Crippen molar-refractivity contribution in [1.29, 1.82) is 0 Å². The molecule has 1 aliphatic rings. The molecule has 0 aromatic carbocycles. The summed E-state index contributed by atoms with van der Waals surface area (Å²) in [5.41, 5.74) is 0. The molecule has 0 aliphatic heterocycles. The molecule has 1 saturated carbocycles. The zero-order chi connectivity index (χ0) is 8.97. The van der Waals surface area contributed by atoms with E-state index < -0.39 is 0 Å². The Labute approximate surface area is 76.9 Å². The predicted octanol–water partition coefficient (Wildman–Crippen LogP) is 2.81. The molecule has 1 rings (SSSR count). The molecule has 0 aromatic heterocycles. The standard InChI is InChI=1S/C11H23N/c1-4-6-11(12-5-2)10-7-9(3)8-10/h9-12H,4-8H2,1-3H3. The third-order valence-electron chi connectivity index (χ3n) is 3.05. The van der Waals surface area contributed by atoms with Crippen LogP contribution in [0.2, 0.25) is 0 Å². The molecule has 1 atom stereocenters. The van der Waals surface area contributed by atoms with Crippen LogP contribution in [-0.4, -0.2) is 12.6 Å².